The SMILES string of the molecule is C/C=C\C(B1OC(C)(C)C(C)(C)O1)[Si](c1ccccc1)(c1ccccc1)c1ccccc1. The van der Waals surface area contributed by atoms with Gasteiger partial charge in [-0.3, -0.25) is 0 Å². The zero-order valence-electron chi connectivity index (χ0n) is 19.8. The van der Waals surface area contributed by atoms with Crippen LogP contribution in [0.5, 0.6) is 0 Å². The molecule has 1 fully saturated rings. The van der Waals surface area contributed by atoms with E-state index in [4.69, 9.17) is 9.31 Å². The molecule has 3 aromatic rings. The molecule has 1 saturated heterocycles. The van der Waals surface area contributed by atoms with Gasteiger partial charge in [0.2, 0.25) is 0 Å². The summed E-state index contributed by atoms with van der Waals surface area (Å²) in [6.45, 7) is 10.6. The van der Waals surface area contributed by atoms with Gasteiger partial charge in [0.25, 0.3) is 0 Å². The molecule has 0 aromatic heterocycles. The van der Waals surface area contributed by atoms with Gasteiger partial charge in [-0.15, -0.1) is 0 Å². The van der Waals surface area contributed by atoms with Gasteiger partial charge in [-0.25, -0.2) is 0 Å². The second-order valence-corrected chi connectivity index (χ2v) is 13.6. The predicted octanol–water partition coefficient (Wildman–Crippen LogP) is 4.73. The zero-order valence-corrected chi connectivity index (χ0v) is 20.8. The van der Waals surface area contributed by atoms with Gasteiger partial charge in [-0.05, 0) is 50.2 Å². The van der Waals surface area contributed by atoms with Crippen molar-refractivity contribution in [1.82, 2.24) is 0 Å². The fourth-order valence-corrected chi connectivity index (χ4v) is 10.2. The van der Waals surface area contributed by atoms with Crippen LogP contribution in [0.4, 0.5) is 0 Å². The highest BCUT2D eigenvalue weighted by Gasteiger charge is 2.59. The minimum Gasteiger partial charge on any atom is -0.403 e. The first kappa shape index (κ1) is 22.8. The van der Waals surface area contributed by atoms with Gasteiger partial charge in [0.1, 0.15) is 0 Å². The van der Waals surface area contributed by atoms with Crippen LogP contribution in [0.25, 0.3) is 0 Å². The Morgan fingerprint density at radius 2 is 1.00 bits per heavy atom. The lowest BCUT2D eigenvalue weighted by atomic mass is 9.83. The van der Waals surface area contributed by atoms with Crippen LogP contribution in [0.15, 0.2) is 103 Å². The van der Waals surface area contributed by atoms with E-state index in [1.165, 1.54) is 15.6 Å². The maximum atomic E-state index is 6.71. The molecule has 0 N–H and O–H groups in total. The van der Waals surface area contributed by atoms with Crippen LogP contribution < -0.4 is 15.6 Å². The molecule has 0 aliphatic carbocycles. The van der Waals surface area contributed by atoms with Gasteiger partial charge < -0.3 is 9.31 Å². The van der Waals surface area contributed by atoms with Gasteiger partial charge in [-0.1, -0.05) is 103 Å². The Kier molecular flexibility index (Phi) is 6.31. The molecule has 1 aliphatic rings. The van der Waals surface area contributed by atoms with Crippen molar-refractivity contribution in [2.45, 2.75) is 51.3 Å². The van der Waals surface area contributed by atoms with Crippen molar-refractivity contribution in [2.24, 2.45) is 0 Å². The predicted molar refractivity (Wildman–Crippen MR) is 139 cm³/mol. The molecule has 1 heterocycles. The number of rotatable bonds is 6. The first-order valence-electron chi connectivity index (χ1n) is 11.5. The third kappa shape index (κ3) is 3.81. The quantitative estimate of drug-likeness (QED) is 0.313. The molecule has 1 unspecified atom stereocenters. The molecule has 32 heavy (non-hydrogen) atoms. The Labute approximate surface area is 194 Å². The lowest BCUT2D eigenvalue weighted by molar-refractivity contribution is 0.00578. The van der Waals surface area contributed by atoms with Crippen LogP contribution in [0.3, 0.4) is 0 Å². The fourth-order valence-electron chi connectivity index (χ4n) is 4.86. The molecule has 2 nitrogen and oxygen atoms in total. The van der Waals surface area contributed by atoms with Gasteiger partial charge in [0.15, 0.2) is 8.07 Å². The standard InChI is InChI=1S/C28H33BO2Si/c1-6-16-26(29-30-27(2,3)28(4,5)31-29)32(23-17-10-7-11-18-23,24-19-12-8-13-20-24)25-21-14-9-15-22-25/h6-22,26H,1-5H3/b16-6-. The Morgan fingerprint density at radius 3 is 1.31 bits per heavy atom. The molecule has 164 valence electrons. The molecule has 0 spiro atoms. The summed E-state index contributed by atoms with van der Waals surface area (Å²) in [6.07, 6.45) is 4.48. The smallest absolute Gasteiger partial charge is 0.403 e. The van der Waals surface area contributed by atoms with Crippen molar-refractivity contribution in [3.05, 3.63) is 103 Å². The van der Waals surface area contributed by atoms with Gasteiger partial charge in [-0.2, -0.15) is 0 Å². The summed E-state index contributed by atoms with van der Waals surface area (Å²) in [6, 6.07) is 32.9. The summed E-state index contributed by atoms with van der Waals surface area (Å²) in [7, 11) is -2.95. The van der Waals surface area contributed by atoms with Crippen LogP contribution in [0.1, 0.15) is 34.6 Å². The topological polar surface area (TPSA) is 18.5 Å². The molecule has 1 aliphatic heterocycles. The summed E-state index contributed by atoms with van der Waals surface area (Å²) in [5, 5.41) is 4.07. The van der Waals surface area contributed by atoms with E-state index in [9.17, 15) is 0 Å². The molecule has 0 saturated carbocycles. The second-order valence-electron chi connectivity index (χ2n) is 9.58. The van der Waals surface area contributed by atoms with Crippen molar-refractivity contribution < 1.29 is 9.31 Å². The van der Waals surface area contributed by atoms with Crippen LogP contribution in [0.2, 0.25) is 5.44 Å². The maximum absolute atomic E-state index is 6.71. The van der Waals surface area contributed by atoms with E-state index < -0.39 is 8.07 Å². The Balaban J connectivity index is 2.04. The molecule has 4 rings (SSSR count). The van der Waals surface area contributed by atoms with Crippen molar-refractivity contribution in [3.63, 3.8) is 0 Å². The third-order valence-corrected chi connectivity index (χ3v) is 12.3. The van der Waals surface area contributed by atoms with E-state index in [-0.39, 0.29) is 23.8 Å². The lowest BCUT2D eigenvalue weighted by Gasteiger charge is -2.40. The molecule has 4 heteroatoms. The van der Waals surface area contributed by atoms with Crippen molar-refractivity contribution in [1.29, 1.82) is 0 Å². The molecule has 1 atom stereocenters. The van der Waals surface area contributed by atoms with Crippen LogP contribution in [-0.2, 0) is 9.31 Å². The molecule has 0 bridgehead atoms. The largest absolute Gasteiger partial charge is 0.463 e. The third-order valence-electron chi connectivity index (χ3n) is 7.15. The minimum atomic E-state index is -2.60. The summed E-state index contributed by atoms with van der Waals surface area (Å²) in [4.78, 5) is 0. The number of hydrogen-bond acceptors (Lipinski definition) is 2. The van der Waals surface area contributed by atoms with Crippen LogP contribution in [-0.4, -0.2) is 26.4 Å². The average molecular weight is 440 g/mol. The zero-order chi connectivity index (χ0) is 22.8. The molecular weight excluding hydrogens is 407 g/mol. The van der Waals surface area contributed by atoms with Crippen LogP contribution in [0, 0.1) is 0 Å². The van der Waals surface area contributed by atoms with Crippen molar-refractivity contribution in [2.75, 3.05) is 0 Å². The monoisotopic (exact) mass is 440 g/mol. The molecular formula is C28H33BO2Si. The summed E-state index contributed by atoms with van der Waals surface area (Å²) in [5.41, 5.74) is -0.718. The highest BCUT2D eigenvalue weighted by atomic mass is 28.3. The van der Waals surface area contributed by atoms with E-state index in [1.54, 1.807) is 0 Å². The average Bonchev–Trinajstić information content (AvgIpc) is 3.02. The first-order valence-corrected chi connectivity index (χ1v) is 13.6. The summed E-state index contributed by atoms with van der Waals surface area (Å²) in [5.74, 6) is 0. The maximum Gasteiger partial charge on any atom is 0.463 e. The Bertz CT molecular complexity index is 936. The van der Waals surface area contributed by atoms with E-state index in [0.717, 1.165) is 0 Å². The van der Waals surface area contributed by atoms with E-state index in [0.29, 0.717) is 0 Å². The summed E-state index contributed by atoms with van der Waals surface area (Å²) >= 11 is 0. The van der Waals surface area contributed by atoms with Gasteiger partial charge >= 0.3 is 7.12 Å². The van der Waals surface area contributed by atoms with Crippen LogP contribution >= 0.6 is 0 Å². The van der Waals surface area contributed by atoms with E-state index >= 15 is 0 Å². The normalized spacial score (nSPS) is 18.7. The molecule has 3 aromatic carbocycles. The fraction of sp³-hybridized carbons (Fsp3) is 0.286. The van der Waals surface area contributed by atoms with Crippen molar-refractivity contribution >= 4 is 30.8 Å². The number of allylic oxidation sites excluding steroid dienone is 2. The summed E-state index contributed by atoms with van der Waals surface area (Å²) < 4.78 is 13.4. The number of hydrogen-bond donors (Lipinski definition) is 0. The first-order chi connectivity index (χ1) is 15.3. The van der Waals surface area contributed by atoms with Gasteiger partial charge in [0.05, 0.1) is 11.2 Å². The number of benzene rings is 3. The lowest BCUT2D eigenvalue weighted by Crippen LogP contribution is -2.72. The Hall–Kier alpha value is -2.40. The minimum absolute atomic E-state index is 0.0563. The second kappa shape index (κ2) is 8.86. The Morgan fingerprint density at radius 1 is 0.656 bits per heavy atom. The van der Waals surface area contributed by atoms with E-state index in [1.807, 2.05) is 0 Å². The van der Waals surface area contributed by atoms with Crippen molar-refractivity contribution in [3.8, 4) is 0 Å². The molecule has 0 radical (unpaired) electrons. The highest BCUT2D eigenvalue weighted by Crippen LogP contribution is 2.42. The van der Waals surface area contributed by atoms with Gasteiger partial charge in [0, 0.05) is 5.44 Å². The van der Waals surface area contributed by atoms with E-state index in [2.05, 4.69) is 138 Å². The highest BCUT2D eigenvalue weighted by molar-refractivity contribution is 7.16. The molecule has 0 amide bonds.